The lowest BCUT2D eigenvalue weighted by molar-refractivity contribution is 0.0948. The molecule has 0 aliphatic carbocycles. The second-order valence-electron chi connectivity index (χ2n) is 4.99. The molecule has 100 valence electrons. The number of carbonyl (C=O) groups is 1. The van der Waals surface area contributed by atoms with Crippen LogP contribution < -0.4 is 11.1 Å². The Morgan fingerprint density at radius 2 is 2.17 bits per heavy atom. The van der Waals surface area contributed by atoms with Gasteiger partial charge in [0.15, 0.2) is 0 Å². The number of rotatable bonds is 6. The molecule has 4 nitrogen and oxygen atoms in total. The molecule has 1 aromatic rings. The molecule has 1 atom stereocenters. The standard InChI is InChI=1S/C14H23N3O/c1-11(8-15)9-16-14(18)13-6-4-5-12(7-13)10-17(2)3/h4-7,11H,8-10,15H2,1-3H3,(H,16,18). The van der Waals surface area contributed by atoms with Crippen molar-refractivity contribution < 1.29 is 4.79 Å². The average Bonchev–Trinajstić information content (AvgIpc) is 2.35. The lowest BCUT2D eigenvalue weighted by Crippen LogP contribution is -2.31. The fourth-order valence-corrected chi connectivity index (χ4v) is 1.63. The summed E-state index contributed by atoms with van der Waals surface area (Å²) in [5.41, 5.74) is 7.36. The van der Waals surface area contributed by atoms with Crippen LogP contribution in [-0.2, 0) is 6.54 Å². The first kappa shape index (κ1) is 14.7. The van der Waals surface area contributed by atoms with Crippen LogP contribution in [0.3, 0.4) is 0 Å². The molecular weight excluding hydrogens is 226 g/mol. The van der Waals surface area contributed by atoms with Gasteiger partial charge in [0, 0.05) is 18.7 Å². The minimum absolute atomic E-state index is 0.0316. The first-order valence-corrected chi connectivity index (χ1v) is 6.25. The Hall–Kier alpha value is -1.39. The molecule has 0 aliphatic heterocycles. The molecule has 0 bridgehead atoms. The van der Waals surface area contributed by atoms with Gasteiger partial charge in [0.25, 0.3) is 5.91 Å². The zero-order valence-corrected chi connectivity index (χ0v) is 11.4. The van der Waals surface area contributed by atoms with E-state index in [1.54, 1.807) is 0 Å². The summed E-state index contributed by atoms with van der Waals surface area (Å²) in [7, 11) is 4.02. The predicted octanol–water partition coefficient (Wildman–Crippen LogP) is 1.07. The molecule has 18 heavy (non-hydrogen) atoms. The van der Waals surface area contributed by atoms with Crippen LogP contribution in [0.5, 0.6) is 0 Å². The average molecular weight is 249 g/mol. The van der Waals surface area contributed by atoms with Crippen LogP contribution >= 0.6 is 0 Å². The molecule has 0 radical (unpaired) electrons. The normalized spacial score (nSPS) is 12.5. The number of benzene rings is 1. The van der Waals surface area contributed by atoms with Crippen molar-refractivity contribution in [3.8, 4) is 0 Å². The number of nitrogens with one attached hydrogen (secondary N) is 1. The van der Waals surface area contributed by atoms with Gasteiger partial charge in [-0.15, -0.1) is 0 Å². The Balaban J connectivity index is 2.62. The van der Waals surface area contributed by atoms with Gasteiger partial charge in [-0.2, -0.15) is 0 Å². The van der Waals surface area contributed by atoms with Crippen LogP contribution in [0.4, 0.5) is 0 Å². The van der Waals surface area contributed by atoms with E-state index < -0.39 is 0 Å². The zero-order valence-electron chi connectivity index (χ0n) is 11.4. The van der Waals surface area contributed by atoms with E-state index in [-0.39, 0.29) is 5.91 Å². The van der Waals surface area contributed by atoms with E-state index in [0.29, 0.717) is 24.6 Å². The summed E-state index contributed by atoms with van der Waals surface area (Å²) in [6, 6.07) is 7.71. The molecule has 0 heterocycles. The van der Waals surface area contributed by atoms with Crippen LogP contribution in [0.1, 0.15) is 22.8 Å². The summed E-state index contributed by atoms with van der Waals surface area (Å²) in [4.78, 5) is 14.0. The molecule has 0 saturated heterocycles. The smallest absolute Gasteiger partial charge is 0.251 e. The van der Waals surface area contributed by atoms with Crippen LogP contribution in [-0.4, -0.2) is 38.0 Å². The second-order valence-corrected chi connectivity index (χ2v) is 4.99. The quantitative estimate of drug-likeness (QED) is 0.793. The maximum absolute atomic E-state index is 11.9. The topological polar surface area (TPSA) is 58.4 Å². The van der Waals surface area contributed by atoms with Gasteiger partial charge >= 0.3 is 0 Å². The van der Waals surface area contributed by atoms with E-state index in [1.165, 1.54) is 0 Å². The molecule has 3 N–H and O–H groups in total. The molecule has 0 aromatic heterocycles. The van der Waals surface area contributed by atoms with Crippen molar-refractivity contribution in [3.05, 3.63) is 35.4 Å². The van der Waals surface area contributed by atoms with Gasteiger partial charge in [-0.25, -0.2) is 0 Å². The highest BCUT2D eigenvalue weighted by atomic mass is 16.1. The van der Waals surface area contributed by atoms with Crippen molar-refractivity contribution in [2.75, 3.05) is 27.2 Å². The molecule has 1 aromatic carbocycles. The van der Waals surface area contributed by atoms with Crippen LogP contribution in [0.15, 0.2) is 24.3 Å². The highest BCUT2D eigenvalue weighted by Crippen LogP contribution is 2.07. The van der Waals surface area contributed by atoms with Crippen molar-refractivity contribution in [3.63, 3.8) is 0 Å². The maximum Gasteiger partial charge on any atom is 0.251 e. The van der Waals surface area contributed by atoms with Crippen molar-refractivity contribution in [1.82, 2.24) is 10.2 Å². The Labute approximate surface area is 109 Å². The highest BCUT2D eigenvalue weighted by Gasteiger charge is 2.07. The van der Waals surface area contributed by atoms with E-state index >= 15 is 0 Å². The maximum atomic E-state index is 11.9. The third kappa shape index (κ3) is 4.85. The molecule has 0 fully saturated rings. The fraction of sp³-hybridized carbons (Fsp3) is 0.500. The molecule has 0 saturated carbocycles. The van der Waals surface area contributed by atoms with Gasteiger partial charge in [0.2, 0.25) is 0 Å². The van der Waals surface area contributed by atoms with E-state index in [0.717, 1.165) is 12.1 Å². The third-order valence-corrected chi connectivity index (χ3v) is 2.70. The lowest BCUT2D eigenvalue weighted by atomic mass is 10.1. The van der Waals surface area contributed by atoms with E-state index in [9.17, 15) is 4.79 Å². The SMILES string of the molecule is CC(CN)CNC(=O)c1cccc(CN(C)C)c1. The number of nitrogens with zero attached hydrogens (tertiary/aromatic N) is 1. The highest BCUT2D eigenvalue weighted by molar-refractivity contribution is 5.94. The lowest BCUT2D eigenvalue weighted by Gasteiger charge is -2.12. The number of carbonyl (C=O) groups excluding carboxylic acids is 1. The van der Waals surface area contributed by atoms with E-state index in [2.05, 4.69) is 10.2 Å². The van der Waals surface area contributed by atoms with Crippen LogP contribution in [0.25, 0.3) is 0 Å². The Morgan fingerprint density at radius 3 is 2.78 bits per heavy atom. The van der Waals surface area contributed by atoms with Crippen molar-refractivity contribution in [2.45, 2.75) is 13.5 Å². The van der Waals surface area contributed by atoms with Gasteiger partial charge in [0.05, 0.1) is 0 Å². The van der Waals surface area contributed by atoms with Crippen molar-refractivity contribution in [2.24, 2.45) is 11.7 Å². The summed E-state index contributed by atoms with van der Waals surface area (Å²) in [6.45, 7) is 4.05. The molecular formula is C14H23N3O. The third-order valence-electron chi connectivity index (χ3n) is 2.70. The minimum atomic E-state index is -0.0316. The van der Waals surface area contributed by atoms with Gasteiger partial charge in [0.1, 0.15) is 0 Å². The molecule has 0 spiro atoms. The Kier molecular flexibility index (Phi) is 5.82. The molecule has 1 amide bonds. The van der Waals surface area contributed by atoms with E-state index in [1.807, 2.05) is 45.3 Å². The Bertz CT molecular complexity index is 390. The molecule has 1 unspecified atom stereocenters. The summed E-state index contributed by atoms with van der Waals surface area (Å²) >= 11 is 0. The Morgan fingerprint density at radius 1 is 1.44 bits per heavy atom. The van der Waals surface area contributed by atoms with Crippen LogP contribution in [0.2, 0.25) is 0 Å². The van der Waals surface area contributed by atoms with Gasteiger partial charge in [-0.1, -0.05) is 19.1 Å². The molecule has 0 aliphatic rings. The zero-order chi connectivity index (χ0) is 13.5. The number of nitrogens with two attached hydrogens (primary N) is 1. The van der Waals surface area contributed by atoms with Crippen LogP contribution in [0, 0.1) is 5.92 Å². The number of amides is 1. The van der Waals surface area contributed by atoms with Gasteiger partial charge in [-0.3, -0.25) is 4.79 Å². The monoisotopic (exact) mass is 249 g/mol. The summed E-state index contributed by atoms with van der Waals surface area (Å²) in [5.74, 6) is 0.273. The summed E-state index contributed by atoms with van der Waals surface area (Å²) < 4.78 is 0. The molecule has 1 rings (SSSR count). The summed E-state index contributed by atoms with van der Waals surface area (Å²) in [5, 5.41) is 2.90. The summed E-state index contributed by atoms with van der Waals surface area (Å²) in [6.07, 6.45) is 0. The van der Waals surface area contributed by atoms with E-state index in [4.69, 9.17) is 5.73 Å². The van der Waals surface area contributed by atoms with Crippen molar-refractivity contribution >= 4 is 5.91 Å². The van der Waals surface area contributed by atoms with Gasteiger partial charge < -0.3 is 16.0 Å². The molecule has 4 heteroatoms. The fourth-order valence-electron chi connectivity index (χ4n) is 1.63. The largest absolute Gasteiger partial charge is 0.352 e. The second kappa shape index (κ2) is 7.13. The number of hydrogen-bond acceptors (Lipinski definition) is 3. The minimum Gasteiger partial charge on any atom is -0.352 e. The number of hydrogen-bond donors (Lipinski definition) is 2. The first-order chi connectivity index (χ1) is 8.52. The first-order valence-electron chi connectivity index (χ1n) is 6.25. The van der Waals surface area contributed by atoms with Crippen molar-refractivity contribution in [1.29, 1.82) is 0 Å². The van der Waals surface area contributed by atoms with Gasteiger partial charge in [-0.05, 0) is 44.3 Å². The predicted molar refractivity (Wildman–Crippen MR) is 74.4 cm³/mol.